The van der Waals surface area contributed by atoms with Crippen molar-refractivity contribution in [2.24, 2.45) is 0 Å². The van der Waals surface area contributed by atoms with Crippen molar-refractivity contribution in [3.8, 4) is 5.75 Å². The summed E-state index contributed by atoms with van der Waals surface area (Å²) in [5.74, 6) is 0.272. The molecule has 1 aromatic heterocycles. The Morgan fingerprint density at radius 3 is 2.65 bits per heavy atom. The van der Waals surface area contributed by atoms with Crippen molar-refractivity contribution in [2.45, 2.75) is 37.6 Å². The number of aryl methyl sites for hydroxylation is 1. The number of piperazine rings is 1. The number of anilines is 1. The molecule has 2 fully saturated rings. The minimum atomic E-state index is -0.858. The van der Waals surface area contributed by atoms with Gasteiger partial charge in [-0.2, -0.15) is 0 Å². The van der Waals surface area contributed by atoms with Crippen LogP contribution in [0.1, 0.15) is 12.8 Å². The third-order valence-electron chi connectivity index (χ3n) is 5.70. The van der Waals surface area contributed by atoms with Gasteiger partial charge >= 0.3 is 17.2 Å². The van der Waals surface area contributed by atoms with Crippen molar-refractivity contribution in [1.82, 2.24) is 14.5 Å². The van der Waals surface area contributed by atoms with Crippen LogP contribution in [-0.2, 0) is 6.54 Å². The van der Waals surface area contributed by atoms with E-state index in [0.717, 1.165) is 12.1 Å². The second kappa shape index (κ2) is 8.60. The summed E-state index contributed by atoms with van der Waals surface area (Å²) < 4.78 is 7.05. The Balaban J connectivity index is 1.24. The van der Waals surface area contributed by atoms with E-state index in [0.29, 0.717) is 25.3 Å². The molecule has 1 aromatic carbocycles. The summed E-state index contributed by atoms with van der Waals surface area (Å²) in [6.07, 6.45) is 0.731. The Hall–Kier alpha value is -3.05. The van der Waals surface area contributed by atoms with Crippen LogP contribution in [0.4, 0.5) is 16.3 Å². The number of fused-ring (bicyclic) bond motifs is 2. The number of nitro groups is 1. The lowest BCUT2D eigenvalue weighted by atomic mass is 10.2. The van der Waals surface area contributed by atoms with E-state index < -0.39 is 17.1 Å². The van der Waals surface area contributed by atoms with Gasteiger partial charge < -0.3 is 34.9 Å². The quantitative estimate of drug-likeness (QED) is 0.460. The molecule has 2 bridgehead atoms. The number of aliphatic hydroxyl groups is 1. The molecule has 2 aliphatic heterocycles. The van der Waals surface area contributed by atoms with Crippen LogP contribution in [0.25, 0.3) is 0 Å². The Bertz CT molecular complexity index is 967. The van der Waals surface area contributed by atoms with Crippen molar-refractivity contribution in [3.05, 3.63) is 45.9 Å². The third kappa shape index (κ3) is 4.52. The number of rotatable bonds is 8. The van der Waals surface area contributed by atoms with Gasteiger partial charge in [0.25, 0.3) is 0 Å². The molecular weight excluding hydrogens is 430 g/mol. The van der Waals surface area contributed by atoms with Crippen molar-refractivity contribution in [3.63, 3.8) is 0 Å². The van der Waals surface area contributed by atoms with E-state index in [1.165, 1.54) is 15.7 Å². The van der Waals surface area contributed by atoms with E-state index in [2.05, 4.69) is 9.88 Å². The molecule has 2 aromatic rings. The van der Waals surface area contributed by atoms with E-state index in [1.54, 1.807) is 0 Å². The topological polar surface area (TPSA) is 134 Å². The van der Waals surface area contributed by atoms with Crippen molar-refractivity contribution < 1.29 is 24.7 Å². The highest BCUT2D eigenvalue weighted by atomic mass is 35.5. The molecule has 11 nitrogen and oxygen atoms in total. The lowest BCUT2D eigenvalue weighted by molar-refractivity contribution is -0.389. The van der Waals surface area contributed by atoms with Crippen molar-refractivity contribution in [1.29, 1.82) is 0 Å². The van der Waals surface area contributed by atoms with E-state index in [4.69, 9.17) is 16.3 Å². The number of halogens is 1. The van der Waals surface area contributed by atoms with Crippen LogP contribution in [0, 0.1) is 10.1 Å². The van der Waals surface area contributed by atoms with Crippen LogP contribution in [0.5, 0.6) is 5.75 Å². The predicted octanol–water partition coefficient (Wildman–Crippen LogP) is 2.22. The van der Waals surface area contributed by atoms with Gasteiger partial charge in [-0.25, -0.2) is 4.79 Å². The van der Waals surface area contributed by atoms with Crippen LogP contribution in [0.15, 0.2) is 30.5 Å². The van der Waals surface area contributed by atoms with Crippen molar-refractivity contribution >= 4 is 29.2 Å². The maximum atomic E-state index is 11.2. The second-order valence-electron chi connectivity index (χ2n) is 7.70. The minimum Gasteiger partial charge on any atom is -0.491 e. The van der Waals surface area contributed by atoms with Crippen LogP contribution in [0.2, 0.25) is 5.28 Å². The summed E-state index contributed by atoms with van der Waals surface area (Å²) in [7, 11) is 0. The molecule has 2 unspecified atom stereocenters. The smallest absolute Gasteiger partial charge is 0.407 e. The lowest BCUT2D eigenvalue weighted by Gasteiger charge is -2.34. The monoisotopic (exact) mass is 451 g/mol. The van der Waals surface area contributed by atoms with Crippen LogP contribution < -0.4 is 9.64 Å². The summed E-state index contributed by atoms with van der Waals surface area (Å²) >= 11 is 5.86. The second-order valence-corrected chi connectivity index (χ2v) is 8.03. The zero-order valence-corrected chi connectivity index (χ0v) is 17.3. The first-order valence-corrected chi connectivity index (χ1v) is 10.2. The summed E-state index contributed by atoms with van der Waals surface area (Å²) in [6, 6.07) is 7.73. The first kappa shape index (κ1) is 21.2. The summed E-state index contributed by atoms with van der Waals surface area (Å²) in [5, 5.41) is 30.1. The standard InChI is InChI=1S/C19H22ClN5O6/c20-18-21-17(25(29)30)10-22(18)6-5-15(26)11-31-16-3-1-12(2-4-16)23-8-14-7-13(23)9-24(14)19(27)28/h1-4,10,13-15,26H,5-9,11H2,(H,27,28)/t13?,14?,15-/m0/s1. The highest BCUT2D eigenvalue weighted by Crippen LogP contribution is 2.35. The van der Waals surface area contributed by atoms with Crippen LogP contribution in [0.3, 0.4) is 0 Å². The molecular formula is C19H22ClN5O6. The zero-order valence-electron chi connectivity index (χ0n) is 16.5. The highest BCUT2D eigenvalue weighted by Gasteiger charge is 2.45. The fraction of sp³-hybridized carbons (Fsp3) is 0.474. The number of ether oxygens (including phenoxy) is 1. The van der Waals surface area contributed by atoms with Crippen LogP contribution in [-0.4, -0.2) is 73.6 Å². The SMILES string of the molecule is O=C(O)N1CC2CC1CN2c1ccc(OC[C@@H](O)CCn2cc([N+](=O)[O-])nc2Cl)cc1. The van der Waals surface area contributed by atoms with Gasteiger partial charge in [0, 0.05) is 31.4 Å². The van der Waals surface area contributed by atoms with Gasteiger partial charge in [-0.3, -0.25) is 4.57 Å². The Kier molecular flexibility index (Phi) is 5.88. The molecule has 31 heavy (non-hydrogen) atoms. The molecule has 2 N–H and O–H groups in total. The number of amides is 1. The number of nitrogens with zero attached hydrogens (tertiary/aromatic N) is 5. The Labute approximate surface area is 182 Å². The molecule has 0 aliphatic carbocycles. The summed E-state index contributed by atoms with van der Waals surface area (Å²) in [4.78, 5) is 28.7. The number of carboxylic acid groups (broad SMARTS) is 1. The molecule has 3 heterocycles. The molecule has 166 valence electrons. The van der Waals surface area contributed by atoms with Crippen molar-refractivity contribution in [2.75, 3.05) is 24.6 Å². The largest absolute Gasteiger partial charge is 0.491 e. The van der Waals surface area contributed by atoms with Gasteiger partial charge in [0.1, 0.15) is 18.6 Å². The number of hydrogen-bond donors (Lipinski definition) is 2. The number of aromatic nitrogens is 2. The molecule has 1 amide bonds. The average Bonchev–Trinajstić information content (AvgIpc) is 3.45. The number of carbonyl (C=O) groups is 1. The molecule has 0 radical (unpaired) electrons. The number of likely N-dealkylation sites (tertiary alicyclic amines) is 1. The Morgan fingerprint density at radius 2 is 2.06 bits per heavy atom. The normalized spacial score (nSPS) is 20.8. The molecule has 12 heteroatoms. The number of hydrogen-bond acceptors (Lipinski definition) is 7. The lowest BCUT2D eigenvalue weighted by Crippen LogP contribution is -2.48. The zero-order chi connectivity index (χ0) is 22.1. The van der Waals surface area contributed by atoms with Gasteiger partial charge in [0.05, 0.1) is 12.1 Å². The predicted molar refractivity (Wildman–Crippen MR) is 111 cm³/mol. The third-order valence-corrected chi connectivity index (χ3v) is 6.00. The van der Waals surface area contributed by atoms with E-state index in [9.17, 15) is 25.1 Å². The number of benzene rings is 1. The van der Waals surface area contributed by atoms with E-state index in [-0.39, 0.29) is 36.3 Å². The highest BCUT2D eigenvalue weighted by molar-refractivity contribution is 6.28. The molecule has 2 saturated heterocycles. The van der Waals surface area contributed by atoms with Gasteiger partial charge in [0.2, 0.25) is 0 Å². The molecule has 2 aliphatic rings. The summed E-state index contributed by atoms with van der Waals surface area (Å²) in [6.45, 7) is 1.54. The first-order valence-electron chi connectivity index (χ1n) is 9.86. The Morgan fingerprint density at radius 1 is 1.32 bits per heavy atom. The van der Waals surface area contributed by atoms with Gasteiger partial charge in [0.15, 0.2) is 0 Å². The molecule has 0 spiro atoms. The fourth-order valence-electron chi connectivity index (χ4n) is 4.14. The maximum absolute atomic E-state index is 11.2. The molecule has 0 saturated carbocycles. The minimum absolute atomic E-state index is 0.00232. The van der Waals surface area contributed by atoms with Gasteiger partial charge in [-0.1, -0.05) is 0 Å². The molecule has 3 atom stereocenters. The number of aliphatic hydroxyl groups excluding tert-OH is 1. The first-order chi connectivity index (χ1) is 14.8. The molecule has 4 rings (SSSR count). The van der Waals surface area contributed by atoms with Gasteiger partial charge in [-0.05, 0) is 58.6 Å². The number of imidazole rings is 1. The van der Waals surface area contributed by atoms with Crippen LogP contribution >= 0.6 is 11.6 Å². The summed E-state index contributed by atoms with van der Waals surface area (Å²) in [5.41, 5.74) is 1.02. The average molecular weight is 452 g/mol. The van der Waals surface area contributed by atoms with E-state index >= 15 is 0 Å². The maximum Gasteiger partial charge on any atom is 0.407 e. The van der Waals surface area contributed by atoms with E-state index in [1.807, 2.05) is 24.3 Å². The fourth-order valence-corrected chi connectivity index (χ4v) is 4.36. The van der Waals surface area contributed by atoms with Gasteiger partial charge in [-0.15, -0.1) is 0 Å².